The van der Waals surface area contributed by atoms with E-state index in [1.165, 1.54) is 6.07 Å². The molecule has 1 fully saturated rings. The van der Waals surface area contributed by atoms with Gasteiger partial charge in [-0.3, -0.25) is 15.0 Å². The number of nitro groups is 1. The molecule has 1 aromatic carbocycles. The topological polar surface area (TPSA) is 75.8 Å². The predicted octanol–water partition coefficient (Wildman–Crippen LogP) is 2.22. The summed E-state index contributed by atoms with van der Waals surface area (Å²) in [6.07, 6.45) is -0.240. The third-order valence-corrected chi connectivity index (χ3v) is 3.69. The maximum atomic E-state index is 10.9. The summed E-state index contributed by atoms with van der Waals surface area (Å²) in [7, 11) is 0. The highest BCUT2D eigenvalue weighted by molar-refractivity contribution is 6.32. The van der Waals surface area contributed by atoms with Crippen molar-refractivity contribution in [1.29, 1.82) is 0 Å². The number of nitro benzene ring substituents is 1. The summed E-state index contributed by atoms with van der Waals surface area (Å²) < 4.78 is 5.75. The van der Waals surface area contributed by atoms with E-state index in [1.54, 1.807) is 12.1 Å². The first-order valence-electron chi connectivity index (χ1n) is 6.74. The van der Waals surface area contributed by atoms with E-state index in [4.69, 9.17) is 16.3 Å². The van der Waals surface area contributed by atoms with Crippen LogP contribution in [0.4, 0.5) is 5.69 Å². The largest absolute Gasteiger partial charge is 0.394 e. The Morgan fingerprint density at radius 3 is 2.90 bits per heavy atom. The van der Waals surface area contributed by atoms with E-state index in [9.17, 15) is 15.2 Å². The number of ether oxygens (including phenoxy) is 1. The summed E-state index contributed by atoms with van der Waals surface area (Å²) in [6, 6.07) is 4.83. The Morgan fingerprint density at radius 1 is 1.57 bits per heavy atom. The van der Waals surface area contributed by atoms with Crippen LogP contribution in [0.25, 0.3) is 0 Å². The monoisotopic (exact) mass is 314 g/mol. The van der Waals surface area contributed by atoms with Gasteiger partial charge in [-0.2, -0.15) is 0 Å². The molecule has 7 heteroatoms. The lowest BCUT2D eigenvalue weighted by molar-refractivity contribution is -0.384. The first-order valence-corrected chi connectivity index (χ1v) is 7.12. The van der Waals surface area contributed by atoms with E-state index in [0.29, 0.717) is 19.6 Å². The zero-order valence-corrected chi connectivity index (χ0v) is 12.8. The van der Waals surface area contributed by atoms with Gasteiger partial charge in [-0.15, -0.1) is 0 Å². The van der Waals surface area contributed by atoms with Crippen molar-refractivity contribution in [2.45, 2.75) is 32.1 Å². The fraction of sp³-hybridized carbons (Fsp3) is 0.571. The van der Waals surface area contributed by atoms with Gasteiger partial charge in [0.2, 0.25) is 0 Å². The van der Waals surface area contributed by atoms with Crippen molar-refractivity contribution in [1.82, 2.24) is 4.90 Å². The van der Waals surface area contributed by atoms with Crippen molar-refractivity contribution < 1.29 is 14.8 Å². The lowest BCUT2D eigenvalue weighted by atomic mass is 10.0. The second-order valence-electron chi connectivity index (χ2n) is 5.89. The average Bonchev–Trinajstić information content (AvgIpc) is 2.38. The number of rotatable bonds is 4. The maximum absolute atomic E-state index is 10.9. The number of nitrogens with zero attached hydrogens (tertiary/aromatic N) is 2. The van der Waals surface area contributed by atoms with Gasteiger partial charge in [0.15, 0.2) is 0 Å². The molecule has 1 aliphatic rings. The molecular weight excluding hydrogens is 296 g/mol. The van der Waals surface area contributed by atoms with Crippen LogP contribution < -0.4 is 0 Å². The van der Waals surface area contributed by atoms with Crippen molar-refractivity contribution in [3.63, 3.8) is 0 Å². The molecule has 0 saturated carbocycles. The number of hydrogen-bond donors (Lipinski definition) is 1. The van der Waals surface area contributed by atoms with E-state index in [-0.39, 0.29) is 29.0 Å². The van der Waals surface area contributed by atoms with Crippen LogP contribution >= 0.6 is 11.6 Å². The van der Waals surface area contributed by atoms with Crippen molar-refractivity contribution in [2.75, 3.05) is 19.7 Å². The van der Waals surface area contributed by atoms with Crippen molar-refractivity contribution in [3.8, 4) is 0 Å². The minimum atomic E-state index is -0.481. The fourth-order valence-corrected chi connectivity index (χ4v) is 2.87. The molecule has 1 unspecified atom stereocenters. The Balaban J connectivity index is 2.14. The molecule has 0 aromatic heterocycles. The van der Waals surface area contributed by atoms with E-state index in [0.717, 1.165) is 5.56 Å². The Morgan fingerprint density at radius 2 is 2.29 bits per heavy atom. The Kier molecular flexibility index (Phi) is 4.83. The van der Waals surface area contributed by atoms with E-state index in [2.05, 4.69) is 4.90 Å². The van der Waals surface area contributed by atoms with Gasteiger partial charge in [0.25, 0.3) is 5.69 Å². The minimum absolute atomic E-state index is 0.0410. The molecule has 6 nitrogen and oxygen atoms in total. The van der Waals surface area contributed by atoms with Gasteiger partial charge in [-0.05, 0) is 25.5 Å². The van der Waals surface area contributed by atoms with Gasteiger partial charge in [-0.25, -0.2) is 0 Å². The Hall–Kier alpha value is -1.21. The summed E-state index contributed by atoms with van der Waals surface area (Å²) in [5.74, 6) is 0. The number of aliphatic hydroxyl groups is 1. The third-order valence-electron chi connectivity index (χ3n) is 3.37. The summed E-state index contributed by atoms with van der Waals surface area (Å²) in [5.41, 5.74) is 0.380. The smallest absolute Gasteiger partial charge is 0.288 e. The van der Waals surface area contributed by atoms with Crippen LogP contribution in [0.1, 0.15) is 19.4 Å². The van der Waals surface area contributed by atoms with Crippen molar-refractivity contribution >= 4 is 17.3 Å². The molecule has 116 valence electrons. The highest BCUT2D eigenvalue weighted by atomic mass is 35.5. The van der Waals surface area contributed by atoms with Crippen molar-refractivity contribution in [3.05, 3.63) is 38.9 Å². The molecule has 1 aromatic rings. The highest BCUT2D eigenvalue weighted by Crippen LogP contribution is 2.27. The van der Waals surface area contributed by atoms with Crippen LogP contribution in [0, 0.1) is 10.1 Å². The molecule has 21 heavy (non-hydrogen) atoms. The molecule has 0 radical (unpaired) electrons. The number of halogens is 1. The standard InChI is InChI=1S/C14H19ClN2O4/c1-14(2)9-16(7-11(8-18)21-14)6-10-3-4-12(15)13(5-10)17(19)20/h3-5,11,18H,6-9H2,1-2H3. The van der Waals surface area contributed by atoms with Crippen LogP contribution in [0.3, 0.4) is 0 Å². The molecule has 0 spiro atoms. The van der Waals surface area contributed by atoms with Crippen LogP contribution in [0.15, 0.2) is 18.2 Å². The first-order chi connectivity index (χ1) is 9.80. The summed E-state index contributed by atoms with van der Waals surface area (Å²) in [4.78, 5) is 12.6. The van der Waals surface area contributed by atoms with Crippen LogP contribution in [0.5, 0.6) is 0 Å². The molecule has 0 amide bonds. The second-order valence-corrected chi connectivity index (χ2v) is 6.30. The molecule has 1 heterocycles. The van der Waals surface area contributed by atoms with Crippen molar-refractivity contribution in [2.24, 2.45) is 0 Å². The Labute approximate surface area is 128 Å². The van der Waals surface area contributed by atoms with E-state index in [1.807, 2.05) is 13.8 Å². The van der Waals surface area contributed by atoms with Gasteiger partial charge in [0.05, 0.1) is 23.2 Å². The predicted molar refractivity (Wildman–Crippen MR) is 79.4 cm³/mol. The van der Waals surface area contributed by atoms with Gasteiger partial charge < -0.3 is 9.84 Å². The summed E-state index contributed by atoms with van der Waals surface area (Å²) in [5, 5.41) is 20.4. The minimum Gasteiger partial charge on any atom is -0.394 e. The second kappa shape index (κ2) is 6.27. The zero-order valence-electron chi connectivity index (χ0n) is 12.1. The molecule has 1 saturated heterocycles. The number of hydrogen-bond acceptors (Lipinski definition) is 5. The number of benzene rings is 1. The van der Waals surface area contributed by atoms with E-state index >= 15 is 0 Å². The van der Waals surface area contributed by atoms with Crippen LogP contribution in [-0.2, 0) is 11.3 Å². The maximum Gasteiger partial charge on any atom is 0.288 e. The average molecular weight is 315 g/mol. The third kappa shape index (κ3) is 4.14. The molecule has 1 aliphatic heterocycles. The number of aliphatic hydroxyl groups excluding tert-OH is 1. The SMILES string of the molecule is CC1(C)CN(Cc2ccc(Cl)c([N+](=O)[O-])c2)CC(CO)O1. The highest BCUT2D eigenvalue weighted by Gasteiger charge is 2.33. The first kappa shape index (κ1) is 16.2. The van der Waals surface area contributed by atoms with Gasteiger partial charge >= 0.3 is 0 Å². The van der Waals surface area contributed by atoms with Gasteiger partial charge in [0, 0.05) is 25.7 Å². The Bertz CT molecular complexity index is 536. The quantitative estimate of drug-likeness (QED) is 0.681. The lowest BCUT2D eigenvalue weighted by Gasteiger charge is -2.42. The fourth-order valence-electron chi connectivity index (χ4n) is 2.69. The molecule has 1 N–H and O–H groups in total. The molecular formula is C14H19ClN2O4. The van der Waals surface area contributed by atoms with Gasteiger partial charge in [0.1, 0.15) is 5.02 Å². The molecule has 1 atom stereocenters. The van der Waals surface area contributed by atoms with E-state index < -0.39 is 4.92 Å². The summed E-state index contributed by atoms with van der Waals surface area (Å²) >= 11 is 5.82. The normalized spacial score (nSPS) is 22.2. The van der Waals surface area contributed by atoms with Crippen LogP contribution in [-0.4, -0.2) is 46.3 Å². The molecule has 0 bridgehead atoms. The molecule has 2 rings (SSSR count). The zero-order chi connectivity index (χ0) is 15.6. The van der Waals surface area contributed by atoms with Crippen LogP contribution in [0.2, 0.25) is 5.02 Å². The molecule has 0 aliphatic carbocycles. The van der Waals surface area contributed by atoms with Gasteiger partial charge in [-0.1, -0.05) is 17.7 Å². The number of morpholine rings is 1. The summed E-state index contributed by atoms with van der Waals surface area (Å²) in [6.45, 7) is 5.73. The lowest BCUT2D eigenvalue weighted by Crippen LogP contribution is -2.53.